The van der Waals surface area contributed by atoms with Gasteiger partial charge in [0.1, 0.15) is 11.6 Å². The first-order chi connectivity index (χ1) is 10.1. The summed E-state index contributed by atoms with van der Waals surface area (Å²) < 4.78 is 5.46. The number of anilines is 1. The lowest BCUT2D eigenvalue weighted by Crippen LogP contribution is -2.23. The van der Waals surface area contributed by atoms with Crippen LogP contribution in [0.1, 0.15) is 43.7 Å². The molecule has 0 fully saturated rings. The van der Waals surface area contributed by atoms with Gasteiger partial charge in [-0.15, -0.1) is 0 Å². The zero-order valence-corrected chi connectivity index (χ0v) is 13.4. The van der Waals surface area contributed by atoms with Gasteiger partial charge in [0.05, 0.1) is 12.8 Å². The van der Waals surface area contributed by atoms with Crippen molar-refractivity contribution in [3.05, 3.63) is 47.5 Å². The predicted molar refractivity (Wildman–Crippen MR) is 86.5 cm³/mol. The predicted octanol–water partition coefficient (Wildman–Crippen LogP) is 3.54. The molecule has 0 bridgehead atoms. The fourth-order valence-corrected chi connectivity index (χ4v) is 2.30. The fourth-order valence-electron chi connectivity index (χ4n) is 2.30. The number of furan rings is 1. The number of hydrogen-bond acceptors (Lipinski definition) is 4. The number of rotatable bonds is 7. The largest absolute Gasteiger partial charge is 0.467 e. The van der Waals surface area contributed by atoms with Gasteiger partial charge in [-0.2, -0.15) is 0 Å². The van der Waals surface area contributed by atoms with Gasteiger partial charge in [0.2, 0.25) is 0 Å². The summed E-state index contributed by atoms with van der Waals surface area (Å²) in [5, 5.41) is 3.22. The van der Waals surface area contributed by atoms with Gasteiger partial charge >= 0.3 is 0 Å². The zero-order valence-electron chi connectivity index (χ0n) is 13.4. The van der Waals surface area contributed by atoms with E-state index in [1.165, 1.54) is 5.56 Å². The van der Waals surface area contributed by atoms with Crippen molar-refractivity contribution in [2.45, 2.75) is 39.8 Å². The molecule has 0 saturated carbocycles. The molecule has 0 spiro atoms. The first-order valence-corrected chi connectivity index (χ1v) is 7.56. The van der Waals surface area contributed by atoms with Crippen LogP contribution in [0.25, 0.3) is 0 Å². The normalized spacial score (nSPS) is 11.1. The van der Waals surface area contributed by atoms with Gasteiger partial charge in [-0.25, -0.2) is 4.98 Å². The Balaban J connectivity index is 2.30. The highest BCUT2D eigenvalue weighted by Gasteiger charge is 2.12. The fraction of sp³-hybridized carbons (Fsp3) is 0.471. The molecular weight excluding hydrogens is 262 g/mol. The van der Waals surface area contributed by atoms with Crippen LogP contribution >= 0.6 is 0 Å². The summed E-state index contributed by atoms with van der Waals surface area (Å²) in [6.45, 7) is 9.00. The minimum atomic E-state index is 0.419. The second kappa shape index (κ2) is 7.27. The number of nitrogens with one attached hydrogen (secondary N) is 1. The van der Waals surface area contributed by atoms with Crippen LogP contribution in [0.5, 0.6) is 0 Å². The van der Waals surface area contributed by atoms with Crippen LogP contribution in [-0.2, 0) is 13.1 Å². The lowest BCUT2D eigenvalue weighted by atomic mass is 10.1. The monoisotopic (exact) mass is 287 g/mol. The Morgan fingerprint density at radius 3 is 2.71 bits per heavy atom. The minimum absolute atomic E-state index is 0.419. The van der Waals surface area contributed by atoms with Gasteiger partial charge in [-0.1, -0.05) is 13.8 Å². The second-order valence-corrected chi connectivity index (χ2v) is 5.54. The van der Waals surface area contributed by atoms with E-state index in [4.69, 9.17) is 9.40 Å². The summed E-state index contributed by atoms with van der Waals surface area (Å²) in [7, 11) is 1.97. The number of hydrogen-bond donors (Lipinski definition) is 1. The topological polar surface area (TPSA) is 41.3 Å². The van der Waals surface area contributed by atoms with Crippen molar-refractivity contribution in [1.29, 1.82) is 0 Å². The van der Waals surface area contributed by atoms with Crippen molar-refractivity contribution in [2.24, 2.45) is 0 Å². The molecule has 21 heavy (non-hydrogen) atoms. The lowest BCUT2D eigenvalue weighted by Gasteiger charge is -2.23. The van der Waals surface area contributed by atoms with Crippen molar-refractivity contribution in [3.8, 4) is 0 Å². The van der Waals surface area contributed by atoms with Gasteiger partial charge in [-0.05, 0) is 49.7 Å². The van der Waals surface area contributed by atoms with E-state index in [0.717, 1.165) is 36.9 Å². The smallest absolute Gasteiger partial charge is 0.129 e. The van der Waals surface area contributed by atoms with E-state index in [1.54, 1.807) is 6.26 Å². The van der Waals surface area contributed by atoms with Gasteiger partial charge in [0, 0.05) is 18.8 Å². The van der Waals surface area contributed by atoms with E-state index in [2.05, 4.69) is 43.1 Å². The number of pyridine rings is 1. The van der Waals surface area contributed by atoms with E-state index in [1.807, 2.05) is 19.2 Å². The highest BCUT2D eigenvalue weighted by atomic mass is 16.3. The Kier molecular flexibility index (Phi) is 5.39. The molecule has 0 saturated heterocycles. The average Bonchev–Trinajstić information content (AvgIpc) is 2.97. The van der Waals surface area contributed by atoms with Gasteiger partial charge in [0.25, 0.3) is 0 Å². The highest BCUT2D eigenvalue weighted by molar-refractivity contribution is 5.43. The average molecular weight is 287 g/mol. The molecule has 0 amide bonds. The van der Waals surface area contributed by atoms with Gasteiger partial charge < -0.3 is 14.6 Å². The van der Waals surface area contributed by atoms with Crippen LogP contribution in [0.4, 0.5) is 5.82 Å². The molecule has 2 heterocycles. The molecule has 4 heteroatoms. The molecule has 0 aliphatic rings. The quantitative estimate of drug-likeness (QED) is 0.845. The summed E-state index contributed by atoms with van der Waals surface area (Å²) in [5.41, 5.74) is 2.40. The van der Waals surface area contributed by atoms with Crippen molar-refractivity contribution in [1.82, 2.24) is 10.3 Å². The molecule has 0 aliphatic carbocycles. The summed E-state index contributed by atoms with van der Waals surface area (Å²) in [6.07, 6.45) is 1.72. The third kappa shape index (κ3) is 4.08. The maximum Gasteiger partial charge on any atom is 0.129 e. The zero-order chi connectivity index (χ0) is 15.2. The molecule has 2 aromatic rings. The van der Waals surface area contributed by atoms with Crippen LogP contribution in [-0.4, -0.2) is 18.6 Å². The lowest BCUT2D eigenvalue weighted by molar-refractivity contribution is 0.502. The van der Waals surface area contributed by atoms with E-state index in [-0.39, 0.29) is 0 Å². The van der Waals surface area contributed by atoms with Crippen molar-refractivity contribution >= 4 is 5.82 Å². The molecule has 0 atom stereocenters. The van der Waals surface area contributed by atoms with Crippen LogP contribution in [0.15, 0.2) is 34.9 Å². The molecule has 0 aromatic carbocycles. The summed E-state index contributed by atoms with van der Waals surface area (Å²) in [5.74, 6) is 2.40. The van der Waals surface area contributed by atoms with Crippen molar-refractivity contribution < 1.29 is 4.42 Å². The second-order valence-electron chi connectivity index (χ2n) is 5.54. The van der Waals surface area contributed by atoms with E-state index >= 15 is 0 Å². The number of aromatic nitrogens is 1. The SMILES string of the molecule is CCN(Cc1ccco1)c1cc(CNC)cc(C(C)C)n1. The Morgan fingerprint density at radius 1 is 1.33 bits per heavy atom. The molecular formula is C17H25N3O. The first kappa shape index (κ1) is 15.6. The summed E-state index contributed by atoms with van der Waals surface area (Å²) >= 11 is 0. The molecule has 4 nitrogen and oxygen atoms in total. The molecule has 2 rings (SSSR count). The van der Waals surface area contributed by atoms with Crippen LogP contribution < -0.4 is 10.2 Å². The van der Waals surface area contributed by atoms with E-state index in [9.17, 15) is 0 Å². The summed E-state index contributed by atoms with van der Waals surface area (Å²) in [4.78, 5) is 7.06. The molecule has 2 aromatic heterocycles. The van der Waals surface area contributed by atoms with Crippen LogP contribution in [0.2, 0.25) is 0 Å². The van der Waals surface area contributed by atoms with Crippen molar-refractivity contribution in [3.63, 3.8) is 0 Å². The number of nitrogens with zero attached hydrogens (tertiary/aromatic N) is 2. The third-order valence-corrected chi connectivity index (χ3v) is 3.50. The van der Waals surface area contributed by atoms with E-state index in [0.29, 0.717) is 5.92 Å². The van der Waals surface area contributed by atoms with Gasteiger partial charge in [-0.3, -0.25) is 0 Å². The molecule has 1 N–H and O–H groups in total. The molecule has 0 radical (unpaired) electrons. The third-order valence-electron chi connectivity index (χ3n) is 3.50. The standard InChI is InChI=1S/C17H25N3O/c1-5-20(12-15-7-6-8-21-15)17-10-14(11-18-4)9-16(19-17)13(2)3/h6-10,13,18H,5,11-12H2,1-4H3. The van der Waals surface area contributed by atoms with Crippen LogP contribution in [0, 0.1) is 0 Å². The Labute approximate surface area is 127 Å². The summed E-state index contributed by atoms with van der Waals surface area (Å²) in [6, 6.07) is 8.28. The van der Waals surface area contributed by atoms with Gasteiger partial charge in [0.15, 0.2) is 0 Å². The molecule has 114 valence electrons. The maximum absolute atomic E-state index is 5.46. The van der Waals surface area contributed by atoms with Crippen LogP contribution in [0.3, 0.4) is 0 Å². The highest BCUT2D eigenvalue weighted by Crippen LogP contribution is 2.22. The Bertz CT molecular complexity index is 549. The maximum atomic E-state index is 5.46. The Morgan fingerprint density at radius 2 is 2.14 bits per heavy atom. The minimum Gasteiger partial charge on any atom is -0.467 e. The van der Waals surface area contributed by atoms with E-state index < -0.39 is 0 Å². The molecule has 0 aliphatic heterocycles. The first-order valence-electron chi connectivity index (χ1n) is 7.56. The van der Waals surface area contributed by atoms with Crippen molar-refractivity contribution in [2.75, 3.05) is 18.5 Å². The Hall–Kier alpha value is -1.81. The molecule has 0 unspecified atom stereocenters.